The van der Waals surface area contributed by atoms with Crippen LogP contribution in [0.3, 0.4) is 0 Å². The van der Waals surface area contributed by atoms with Crippen molar-refractivity contribution in [2.45, 2.75) is 56.8 Å². The number of likely N-dealkylation sites (N-methyl/N-ethyl adjacent to an activating group) is 1. The summed E-state index contributed by atoms with van der Waals surface area (Å²) in [4.78, 5) is 12.0. The molecule has 1 rings (SSSR count). The van der Waals surface area contributed by atoms with Crippen molar-refractivity contribution in [1.82, 2.24) is 15.5 Å². The lowest BCUT2D eigenvalue weighted by Gasteiger charge is -2.28. The highest BCUT2D eigenvalue weighted by atomic mass is 32.2. The van der Waals surface area contributed by atoms with Gasteiger partial charge in [0.2, 0.25) is 0 Å². The third-order valence-electron chi connectivity index (χ3n) is 3.10. The van der Waals surface area contributed by atoms with Gasteiger partial charge in [0.05, 0.1) is 6.61 Å². The molecule has 0 radical (unpaired) electrons. The van der Waals surface area contributed by atoms with Gasteiger partial charge in [0.25, 0.3) is 0 Å². The van der Waals surface area contributed by atoms with Crippen LogP contribution in [0.1, 0.15) is 45.0 Å². The highest BCUT2D eigenvalue weighted by Crippen LogP contribution is 2.24. The highest BCUT2D eigenvalue weighted by Gasteiger charge is 2.32. The smallest absolute Gasteiger partial charge is 0.326 e. The molecule has 1 N–H and O–H groups in total. The molecule has 0 aliphatic heterocycles. The second kappa shape index (κ2) is 9.38. The van der Waals surface area contributed by atoms with E-state index in [0.717, 1.165) is 40.9 Å². The van der Waals surface area contributed by atoms with Gasteiger partial charge >= 0.3 is 5.97 Å². The third kappa shape index (κ3) is 6.32. The van der Waals surface area contributed by atoms with Crippen LogP contribution in [0.4, 0.5) is 0 Å². The molecule has 0 fully saturated rings. The van der Waals surface area contributed by atoms with Crippen molar-refractivity contribution < 1.29 is 9.53 Å². The second-order valence-electron chi connectivity index (χ2n) is 4.98. The SMILES string of the molecule is CCNC(C)(CCCCSc1nnc(C)s1)C(=O)OCC. The van der Waals surface area contributed by atoms with Crippen LogP contribution in [-0.2, 0) is 9.53 Å². The van der Waals surface area contributed by atoms with Crippen LogP contribution in [0.15, 0.2) is 4.34 Å². The maximum atomic E-state index is 12.0. The molecule has 1 aromatic heterocycles. The first-order valence-corrected chi connectivity index (χ1v) is 9.17. The molecule has 1 aromatic rings. The molecule has 0 aliphatic carbocycles. The summed E-state index contributed by atoms with van der Waals surface area (Å²) in [5, 5.41) is 12.3. The Hall–Kier alpha value is -0.660. The molecule has 5 nitrogen and oxygen atoms in total. The largest absolute Gasteiger partial charge is 0.465 e. The predicted molar refractivity (Wildman–Crippen MR) is 87.9 cm³/mol. The van der Waals surface area contributed by atoms with Crippen molar-refractivity contribution in [3.63, 3.8) is 0 Å². The van der Waals surface area contributed by atoms with E-state index in [4.69, 9.17) is 4.74 Å². The van der Waals surface area contributed by atoms with Crippen molar-refractivity contribution in [3.8, 4) is 0 Å². The van der Waals surface area contributed by atoms with E-state index in [1.165, 1.54) is 0 Å². The molecule has 0 spiro atoms. The van der Waals surface area contributed by atoms with Gasteiger partial charge in [0.1, 0.15) is 10.5 Å². The number of aromatic nitrogens is 2. The molecule has 1 unspecified atom stereocenters. The lowest BCUT2D eigenvalue weighted by atomic mass is 9.95. The molecule has 21 heavy (non-hydrogen) atoms. The Morgan fingerprint density at radius 3 is 2.71 bits per heavy atom. The molecule has 0 amide bonds. The van der Waals surface area contributed by atoms with E-state index >= 15 is 0 Å². The fourth-order valence-electron chi connectivity index (χ4n) is 2.02. The summed E-state index contributed by atoms with van der Waals surface area (Å²) in [6.45, 7) is 8.91. The van der Waals surface area contributed by atoms with Gasteiger partial charge in [-0.3, -0.25) is 4.79 Å². The number of nitrogens with zero attached hydrogens (tertiary/aromatic N) is 2. The Labute approximate surface area is 135 Å². The molecule has 0 aliphatic rings. The molecule has 0 aromatic carbocycles. The Morgan fingerprint density at radius 2 is 2.14 bits per heavy atom. The van der Waals surface area contributed by atoms with Crippen molar-refractivity contribution >= 4 is 29.1 Å². The topological polar surface area (TPSA) is 64.1 Å². The van der Waals surface area contributed by atoms with Gasteiger partial charge in [-0.1, -0.05) is 36.4 Å². The Kier molecular flexibility index (Phi) is 8.21. The molecule has 7 heteroatoms. The number of esters is 1. The van der Waals surface area contributed by atoms with E-state index in [1.807, 2.05) is 27.7 Å². The molecule has 1 atom stereocenters. The van der Waals surface area contributed by atoms with E-state index in [9.17, 15) is 4.79 Å². The summed E-state index contributed by atoms with van der Waals surface area (Å²) in [7, 11) is 0. The monoisotopic (exact) mass is 331 g/mol. The van der Waals surface area contributed by atoms with E-state index in [1.54, 1.807) is 23.1 Å². The van der Waals surface area contributed by atoms with Gasteiger partial charge in [-0.2, -0.15) is 0 Å². The Bertz CT molecular complexity index is 440. The van der Waals surface area contributed by atoms with Gasteiger partial charge in [-0.15, -0.1) is 10.2 Å². The molecule has 120 valence electrons. The third-order valence-corrected chi connectivity index (χ3v) is 5.16. The van der Waals surface area contributed by atoms with Crippen LogP contribution >= 0.6 is 23.1 Å². The lowest BCUT2D eigenvalue weighted by Crippen LogP contribution is -2.50. The van der Waals surface area contributed by atoms with E-state index < -0.39 is 5.54 Å². The van der Waals surface area contributed by atoms with Crippen LogP contribution in [0.25, 0.3) is 0 Å². The fourth-order valence-corrected chi connectivity index (χ4v) is 3.91. The normalized spacial score (nSPS) is 13.9. The zero-order valence-electron chi connectivity index (χ0n) is 13.3. The first-order chi connectivity index (χ1) is 10.0. The van der Waals surface area contributed by atoms with Gasteiger partial charge in [0, 0.05) is 5.75 Å². The van der Waals surface area contributed by atoms with E-state index in [2.05, 4.69) is 15.5 Å². The summed E-state index contributed by atoms with van der Waals surface area (Å²) < 4.78 is 6.19. The maximum absolute atomic E-state index is 12.0. The van der Waals surface area contributed by atoms with Crippen molar-refractivity contribution in [2.75, 3.05) is 18.9 Å². The molecule has 1 heterocycles. The number of thioether (sulfide) groups is 1. The summed E-state index contributed by atoms with van der Waals surface area (Å²) in [6.07, 6.45) is 2.81. The van der Waals surface area contributed by atoms with Crippen LogP contribution < -0.4 is 5.32 Å². The van der Waals surface area contributed by atoms with Gasteiger partial charge in [-0.25, -0.2) is 0 Å². The van der Waals surface area contributed by atoms with E-state index in [0.29, 0.717) is 6.61 Å². The zero-order chi connectivity index (χ0) is 15.7. The number of carbonyl (C=O) groups is 1. The highest BCUT2D eigenvalue weighted by molar-refractivity contribution is 8.01. The molecular weight excluding hydrogens is 306 g/mol. The van der Waals surface area contributed by atoms with Crippen LogP contribution in [-0.4, -0.2) is 40.6 Å². The first kappa shape index (κ1) is 18.4. The summed E-state index contributed by atoms with van der Waals surface area (Å²) in [5.41, 5.74) is -0.575. The predicted octanol–water partition coefficient (Wildman–Crippen LogP) is 3.04. The average Bonchev–Trinajstić information content (AvgIpc) is 2.84. The first-order valence-electron chi connectivity index (χ1n) is 7.37. The Balaban J connectivity index is 2.31. The number of unbranched alkanes of at least 4 members (excludes halogenated alkanes) is 1. The molecule has 0 saturated carbocycles. The summed E-state index contributed by atoms with van der Waals surface area (Å²) in [6, 6.07) is 0. The molecule has 0 bridgehead atoms. The standard InChI is InChI=1S/C14H25N3O2S2/c1-5-15-14(4,12(18)19-6-2)9-7-8-10-20-13-17-16-11(3)21-13/h15H,5-10H2,1-4H3. The van der Waals surface area contributed by atoms with Gasteiger partial charge < -0.3 is 10.1 Å². The molecule has 0 saturated heterocycles. The van der Waals surface area contributed by atoms with Crippen LogP contribution in [0.2, 0.25) is 0 Å². The minimum Gasteiger partial charge on any atom is -0.465 e. The summed E-state index contributed by atoms with van der Waals surface area (Å²) in [5.74, 6) is 0.846. The Morgan fingerprint density at radius 1 is 1.38 bits per heavy atom. The van der Waals surface area contributed by atoms with Gasteiger partial charge in [0.15, 0.2) is 4.34 Å². The number of aryl methyl sites for hydroxylation is 1. The minimum absolute atomic E-state index is 0.153. The summed E-state index contributed by atoms with van der Waals surface area (Å²) >= 11 is 3.36. The van der Waals surface area contributed by atoms with E-state index in [-0.39, 0.29) is 5.97 Å². The van der Waals surface area contributed by atoms with Crippen molar-refractivity contribution in [3.05, 3.63) is 5.01 Å². The van der Waals surface area contributed by atoms with Gasteiger partial charge in [-0.05, 0) is 40.2 Å². The number of carbonyl (C=O) groups excluding carboxylic acids is 1. The quantitative estimate of drug-likeness (QED) is 0.404. The van der Waals surface area contributed by atoms with Crippen molar-refractivity contribution in [2.24, 2.45) is 0 Å². The van der Waals surface area contributed by atoms with Crippen LogP contribution in [0.5, 0.6) is 0 Å². The second-order valence-corrected chi connectivity index (χ2v) is 7.50. The average molecular weight is 332 g/mol. The fraction of sp³-hybridized carbons (Fsp3) is 0.786. The number of hydrogen-bond donors (Lipinski definition) is 1. The number of nitrogens with one attached hydrogen (secondary N) is 1. The molecular formula is C14H25N3O2S2. The van der Waals surface area contributed by atoms with Crippen molar-refractivity contribution in [1.29, 1.82) is 0 Å². The van der Waals surface area contributed by atoms with Crippen LogP contribution in [0, 0.1) is 6.92 Å². The lowest BCUT2D eigenvalue weighted by molar-refractivity contribution is -0.150. The number of rotatable bonds is 10. The number of hydrogen-bond acceptors (Lipinski definition) is 7. The zero-order valence-corrected chi connectivity index (χ0v) is 14.9. The maximum Gasteiger partial charge on any atom is 0.326 e. The minimum atomic E-state index is -0.575. The number of ether oxygens (including phenoxy) is 1.